The highest BCUT2D eigenvalue weighted by Gasteiger charge is 2.29. The van der Waals surface area contributed by atoms with Gasteiger partial charge in [0.25, 0.3) is 0 Å². The minimum Gasteiger partial charge on any atom is -0.493 e. The SMILES string of the molecule is CCCCOC1=Cc2ccccc2N(C(=O)CN2CCC(CCCCN(CC)CC)CC2)c2ccccc21. The maximum atomic E-state index is 13.9. The van der Waals surface area contributed by atoms with Crippen LogP contribution in [-0.4, -0.2) is 61.6 Å². The predicted octanol–water partition coefficient (Wildman–Crippen LogP) is 7.20. The van der Waals surface area contributed by atoms with Crippen LogP contribution in [0.2, 0.25) is 0 Å². The topological polar surface area (TPSA) is 36.0 Å². The number of hydrogen-bond donors (Lipinski definition) is 0. The lowest BCUT2D eigenvalue weighted by atomic mass is 9.91. The maximum absolute atomic E-state index is 13.9. The van der Waals surface area contributed by atoms with Gasteiger partial charge in [0.15, 0.2) is 0 Å². The molecule has 2 heterocycles. The Hall–Kier alpha value is -2.63. The van der Waals surface area contributed by atoms with Crippen molar-refractivity contribution in [3.8, 4) is 0 Å². The van der Waals surface area contributed by atoms with Gasteiger partial charge in [-0.15, -0.1) is 0 Å². The Morgan fingerprint density at radius 1 is 0.921 bits per heavy atom. The summed E-state index contributed by atoms with van der Waals surface area (Å²) in [7, 11) is 0. The average molecular weight is 518 g/mol. The number of carbonyl (C=O) groups is 1. The molecule has 0 radical (unpaired) electrons. The summed E-state index contributed by atoms with van der Waals surface area (Å²) < 4.78 is 6.25. The van der Waals surface area contributed by atoms with Gasteiger partial charge in [-0.25, -0.2) is 0 Å². The summed E-state index contributed by atoms with van der Waals surface area (Å²) in [5, 5.41) is 0. The first-order valence-corrected chi connectivity index (χ1v) is 14.9. The lowest BCUT2D eigenvalue weighted by molar-refractivity contribution is -0.119. The van der Waals surface area contributed by atoms with E-state index in [1.807, 2.05) is 29.2 Å². The van der Waals surface area contributed by atoms with E-state index in [0.29, 0.717) is 13.2 Å². The summed E-state index contributed by atoms with van der Waals surface area (Å²) in [6, 6.07) is 16.4. The van der Waals surface area contributed by atoms with Crippen LogP contribution >= 0.6 is 0 Å². The molecule has 0 atom stereocenters. The van der Waals surface area contributed by atoms with Crippen molar-refractivity contribution < 1.29 is 9.53 Å². The van der Waals surface area contributed by atoms with Gasteiger partial charge in [-0.2, -0.15) is 0 Å². The molecule has 2 aliphatic rings. The molecule has 0 bridgehead atoms. The van der Waals surface area contributed by atoms with Gasteiger partial charge in [-0.1, -0.05) is 70.4 Å². The number of piperidine rings is 1. The average Bonchev–Trinajstić information content (AvgIpc) is 3.08. The number of amides is 1. The Balaban J connectivity index is 1.40. The van der Waals surface area contributed by atoms with Gasteiger partial charge in [0.2, 0.25) is 5.91 Å². The molecule has 38 heavy (non-hydrogen) atoms. The van der Waals surface area contributed by atoms with Crippen molar-refractivity contribution in [1.82, 2.24) is 9.80 Å². The molecule has 4 rings (SSSR count). The Kier molecular flexibility index (Phi) is 10.8. The fourth-order valence-electron chi connectivity index (χ4n) is 5.76. The van der Waals surface area contributed by atoms with E-state index in [-0.39, 0.29) is 5.91 Å². The van der Waals surface area contributed by atoms with Crippen LogP contribution in [0.4, 0.5) is 11.4 Å². The summed E-state index contributed by atoms with van der Waals surface area (Å²) in [5.74, 6) is 1.77. The van der Waals surface area contributed by atoms with Gasteiger partial charge in [-0.3, -0.25) is 14.6 Å². The number of hydrogen-bond acceptors (Lipinski definition) is 4. The molecular formula is C33H47N3O2. The molecule has 5 nitrogen and oxygen atoms in total. The van der Waals surface area contributed by atoms with Crippen LogP contribution in [0.15, 0.2) is 48.5 Å². The number of benzene rings is 2. The summed E-state index contributed by atoms with van der Waals surface area (Å²) in [6.45, 7) is 13.3. The number of fused-ring (bicyclic) bond motifs is 2. The van der Waals surface area contributed by atoms with E-state index in [2.05, 4.69) is 60.9 Å². The van der Waals surface area contributed by atoms with Crippen molar-refractivity contribution >= 4 is 29.1 Å². The number of likely N-dealkylation sites (tertiary alicyclic amines) is 1. The monoisotopic (exact) mass is 517 g/mol. The summed E-state index contributed by atoms with van der Waals surface area (Å²) in [6.07, 6.45) is 10.5. The predicted molar refractivity (Wildman–Crippen MR) is 160 cm³/mol. The number of unbranched alkanes of at least 4 members (excludes halogenated alkanes) is 2. The first kappa shape index (κ1) is 28.4. The van der Waals surface area contributed by atoms with Gasteiger partial charge in [0.05, 0.1) is 24.5 Å². The lowest BCUT2D eigenvalue weighted by Gasteiger charge is -2.33. The molecule has 1 saturated heterocycles. The fourth-order valence-corrected chi connectivity index (χ4v) is 5.76. The number of carbonyl (C=O) groups excluding carboxylic acids is 1. The number of nitrogens with zero attached hydrogens (tertiary/aromatic N) is 3. The summed E-state index contributed by atoms with van der Waals surface area (Å²) in [4.78, 5) is 20.7. The molecular weight excluding hydrogens is 470 g/mol. The van der Waals surface area contributed by atoms with Crippen molar-refractivity contribution in [2.24, 2.45) is 5.92 Å². The zero-order valence-electron chi connectivity index (χ0n) is 23.8. The molecule has 1 amide bonds. The number of rotatable bonds is 13. The van der Waals surface area contributed by atoms with E-state index in [1.165, 1.54) is 38.6 Å². The molecule has 0 saturated carbocycles. The molecule has 2 aromatic rings. The third-order valence-corrected chi connectivity index (χ3v) is 8.18. The Bertz CT molecular complexity index is 1050. The number of ether oxygens (including phenoxy) is 1. The van der Waals surface area contributed by atoms with E-state index in [4.69, 9.17) is 4.74 Å². The van der Waals surface area contributed by atoms with Crippen LogP contribution in [0.1, 0.15) is 76.8 Å². The van der Waals surface area contributed by atoms with Crippen molar-refractivity contribution in [2.45, 2.75) is 65.7 Å². The van der Waals surface area contributed by atoms with Crippen LogP contribution in [-0.2, 0) is 9.53 Å². The molecule has 0 spiro atoms. The zero-order chi connectivity index (χ0) is 26.7. The molecule has 5 heteroatoms. The van der Waals surface area contributed by atoms with E-state index in [0.717, 1.165) is 73.2 Å². The second-order valence-corrected chi connectivity index (χ2v) is 10.8. The molecule has 0 unspecified atom stereocenters. The van der Waals surface area contributed by atoms with Gasteiger partial charge in [0, 0.05) is 11.1 Å². The van der Waals surface area contributed by atoms with E-state index < -0.39 is 0 Å². The smallest absolute Gasteiger partial charge is 0.245 e. The van der Waals surface area contributed by atoms with E-state index >= 15 is 0 Å². The normalized spacial score (nSPS) is 16.1. The van der Waals surface area contributed by atoms with Crippen molar-refractivity contribution in [1.29, 1.82) is 0 Å². The fraction of sp³-hybridized carbons (Fsp3) is 0.545. The van der Waals surface area contributed by atoms with Gasteiger partial charge < -0.3 is 9.64 Å². The lowest BCUT2D eigenvalue weighted by Crippen LogP contribution is -2.42. The standard InChI is InChI=1S/C33H47N3O2/c1-4-7-24-38-32-25-28-15-8-10-17-30(28)36(31-18-11-9-16-29(31)32)33(37)26-35-22-19-27(20-23-35)14-12-13-21-34(5-2)6-3/h8-11,15-18,25,27H,4-7,12-14,19-24,26H2,1-3H3. The van der Waals surface area contributed by atoms with E-state index in [1.54, 1.807) is 0 Å². The molecule has 206 valence electrons. The second-order valence-electron chi connectivity index (χ2n) is 10.8. The molecule has 0 aliphatic carbocycles. The van der Waals surface area contributed by atoms with Crippen LogP contribution in [0.25, 0.3) is 11.8 Å². The number of anilines is 2. The van der Waals surface area contributed by atoms with Gasteiger partial charge >= 0.3 is 0 Å². The maximum Gasteiger partial charge on any atom is 0.245 e. The van der Waals surface area contributed by atoms with Crippen molar-refractivity contribution in [2.75, 3.05) is 50.8 Å². The third kappa shape index (κ3) is 7.27. The molecule has 0 aromatic heterocycles. The van der Waals surface area contributed by atoms with Crippen LogP contribution in [0.3, 0.4) is 0 Å². The molecule has 2 aromatic carbocycles. The Labute approximate surface area is 230 Å². The Morgan fingerprint density at radius 3 is 2.37 bits per heavy atom. The largest absolute Gasteiger partial charge is 0.493 e. The number of para-hydroxylation sites is 2. The minimum absolute atomic E-state index is 0.130. The van der Waals surface area contributed by atoms with Crippen LogP contribution in [0.5, 0.6) is 0 Å². The second kappa shape index (κ2) is 14.5. The van der Waals surface area contributed by atoms with Gasteiger partial charge in [-0.05, 0) is 88.6 Å². The molecule has 2 aliphatic heterocycles. The van der Waals surface area contributed by atoms with Crippen LogP contribution < -0.4 is 4.90 Å². The first-order valence-electron chi connectivity index (χ1n) is 14.9. The first-order chi connectivity index (χ1) is 18.6. The van der Waals surface area contributed by atoms with Crippen molar-refractivity contribution in [3.63, 3.8) is 0 Å². The highest BCUT2D eigenvalue weighted by molar-refractivity contribution is 6.08. The van der Waals surface area contributed by atoms with Gasteiger partial charge in [0.1, 0.15) is 5.76 Å². The minimum atomic E-state index is 0.130. The van der Waals surface area contributed by atoms with Crippen LogP contribution in [0, 0.1) is 5.92 Å². The quantitative estimate of drug-likeness (QED) is 0.263. The van der Waals surface area contributed by atoms with E-state index in [9.17, 15) is 4.79 Å². The van der Waals surface area contributed by atoms with Crippen molar-refractivity contribution in [3.05, 3.63) is 59.7 Å². The summed E-state index contributed by atoms with van der Waals surface area (Å²) in [5.41, 5.74) is 3.85. The Morgan fingerprint density at radius 2 is 1.63 bits per heavy atom. The molecule has 0 N–H and O–H groups in total. The highest BCUT2D eigenvalue weighted by Crippen LogP contribution is 2.40. The third-order valence-electron chi connectivity index (χ3n) is 8.18. The summed E-state index contributed by atoms with van der Waals surface area (Å²) >= 11 is 0. The highest BCUT2D eigenvalue weighted by atomic mass is 16.5. The molecule has 1 fully saturated rings. The zero-order valence-corrected chi connectivity index (χ0v) is 23.8.